The van der Waals surface area contributed by atoms with Crippen LogP contribution in [0.4, 0.5) is 4.39 Å². The predicted molar refractivity (Wildman–Crippen MR) is 117 cm³/mol. The van der Waals surface area contributed by atoms with Crippen molar-refractivity contribution in [3.8, 4) is 0 Å². The number of rotatable bonds is 1. The number of aromatic amines is 1. The molecule has 3 saturated heterocycles. The van der Waals surface area contributed by atoms with Crippen molar-refractivity contribution < 1.29 is 9.18 Å². The first kappa shape index (κ1) is 19.2. The van der Waals surface area contributed by atoms with Crippen LogP contribution in [0.15, 0.2) is 40.8 Å². The highest BCUT2D eigenvalue weighted by molar-refractivity contribution is 5.97. The molecule has 6 heteroatoms. The van der Waals surface area contributed by atoms with Crippen LogP contribution in [0.25, 0.3) is 10.9 Å². The van der Waals surface area contributed by atoms with Crippen molar-refractivity contribution in [3.63, 3.8) is 0 Å². The number of aromatic nitrogens is 1. The minimum absolute atomic E-state index is 0.0861. The SMILES string of the molecule is O=C(c1c[nH]c2ccc(F)cc2c1=O)N1CCCC2=C[C@H]3C[C@@H](CN4CCCC[C@@H]34)[C@@H]21. The summed E-state index contributed by atoms with van der Waals surface area (Å²) in [5.41, 5.74) is 1.68. The molecule has 5 nitrogen and oxygen atoms in total. The zero-order valence-electron chi connectivity index (χ0n) is 17.6. The van der Waals surface area contributed by atoms with Crippen molar-refractivity contribution >= 4 is 16.8 Å². The van der Waals surface area contributed by atoms with Crippen LogP contribution in [0, 0.1) is 17.7 Å². The summed E-state index contributed by atoms with van der Waals surface area (Å²) in [6.07, 6.45) is 11.0. The Labute approximate surface area is 180 Å². The third-order valence-corrected chi connectivity index (χ3v) is 7.99. The molecule has 0 saturated carbocycles. The molecule has 162 valence electrons. The van der Waals surface area contributed by atoms with Crippen molar-refractivity contribution in [2.24, 2.45) is 11.8 Å². The Bertz CT molecular complexity index is 1140. The van der Waals surface area contributed by atoms with E-state index in [1.807, 2.05) is 4.90 Å². The summed E-state index contributed by atoms with van der Waals surface area (Å²) in [4.78, 5) is 34.3. The molecule has 4 aliphatic rings. The maximum atomic E-state index is 13.7. The van der Waals surface area contributed by atoms with Gasteiger partial charge in [0.2, 0.25) is 5.43 Å². The Morgan fingerprint density at radius 1 is 1.16 bits per heavy atom. The van der Waals surface area contributed by atoms with Crippen molar-refractivity contribution in [1.29, 1.82) is 0 Å². The number of benzene rings is 1. The Balaban J connectivity index is 1.37. The highest BCUT2D eigenvalue weighted by Gasteiger charge is 2.47. The summed E-state index contributed by atoms with van der Waals surface area (Å²) in [7, 11) is 0. The lowest BCUT2D eigenvalue weighted by Gasteiger charge is -2.54. The predicted octanol–water partition coefficient (Wildman–Crippen LogP) is 3.70. The molecule has 1 N–H and O–H groups in total. The van der Waals surface area contributed by atoms with Gasteiger partial charge in [0.15, 0.2) is 0 Å². The fourth-order valence-electron chi connectivity index (χ4n) is 6.71. The number of H-pyrrole nitrogens is 1. The van der Waals surface area contributed by atoms with Crippen molar-refractivity contribution in [1.82, 2.24) is 14.8 Å². The number of pyridine rings is 1. The van der Waals surface area contributed by atoms with Gasteiger partial charge in [-0.3, -0.25) is 14.5 Å². The second kappa shape index (κ2) is 7.30. The molecule has 1 aromatic heterocycles. The Kier molecular flexibility index (Phi) is 4.53. The summed E-state index contributed by atoms with van der Waals surface area (Å²) in [5.74, 6) is 0.345. The van der Waals surface area contributed by atoms with Gasteiger partial charge in [-0.15, -0.1) is 0 Å². The van der Waals surface area contributed by atoms with Gasteiger partial charge < -0.3 is 9.88 Å². The third kappa shape index (κ3) is 3.06. The van der Waals surface area contributed by atoms with Gasteiger partial charge in [-0.25, -0.2) is 4.39 Å². The average Bonchev–Trinajstić information content (AvgIpc) is 2.79. The third-order valence-electron chi connectivity index (χ3n) is 7.99. The van der Waals surface area contributed by atoms with Gasteiger partial charge in [-0.1, -0.05) is 18.1 Å². The fraction of sp³-hybridized carbons (Fsp3) is 0.520. The van der Waals surface area contributed by atoms with E-state index in [0.29, 0.717) is 29.9 Å². The molecule has 6 rings (SSSR count). The van der Waals surface area contributed by atoms with Crippen molar-refractivity contribution in [2.75, 3.05) is 19.6 Å². The summed E-state index contributed by atoms with van der Waals surface area (Å²) >= 11 is 0. The minimum Gasteiger partial charge on any atom is -0.360 e. The number of likely N-dealkylation sites (tertiary alicyclic amines) is 1. The summed E-state index contributed by atoms with van der Waals surface area (Å²) < 4.78 is 13.7. The fourth-order valence-corrected chi connectivity index (χ4v) is 6.71. The lowest BCUT2D eigenvalue weighted by atomic mass is 9.68. The van der Waals surface area contributed by atoms with Gasteiger partial charge in [-0.05, 0) is 68.7 Å². The zero-order chi connectivity index (χ0) is 21.1. The zero-order valence-corrected chi connectivity index (χ0v) is 17.6. The van der Waals surface area contributed by atoms with E-state index in [1.165, 1.54) is 43.2 Å². The van der Waals surface area contributed by atoms with Crippen LogP contribution in [-0.4, -0.2) is 52.4 Å². The van der Waals surface area contributed by atoms with Crippen LogP contribution < -0.4 is 5.43 Å². The van der Waals surface area contributed by atoms with Gasteiger partial charge in [0.05, 0.1) is 6.04 Å². The molecular weight excluding hydrogens is 393 g/mol. The largest absolute Gasteiger partial charge is 0.360 e. The van der Waals surface area contributed by atoms with E-state index in [2.05, 4.69) is 16.0 Å². The van der Waals surface area contributed by atoms with Crippen molar-refractivity contribution in [2.45, 2.75) is 50.6 Å². The molecule has 0 radical (unpaired) electrons. The van der Waals surface area contributed by atoms with Crippen LogP contribution in [-0.2, 0) is 0 Å². The van der Waals surface area contributed by atoms with E-state index in [9.17, 15) is 14.0 Å². The smallest absolute Gasteiger partial charge is 0.259 e. The number of fused-ring (bicyclic) bond motifs is 7. The first-order valence-electron chi connectivity index (χ1n) is 11.7. The molecule has 4 atom stereocenters. The molecule has 3 fully saturated rings. The van der Waals surface area contributed by atoms with E-state index in [4.69, 9.17) is 0 Å². The van der Waals surface area contributed by atoms with Crippen LogP contribution in [0.5, 0.6) is 0 Å². The number of hydrogen-bond acceptors (Lipinski definition) is 3. The van der Waals surface area contributed by atoms with Crippen molar-refractivity contribution in [3.05, 3.63) is 57.6 Å². The molecule has 0 unspecified atom stereocenters. The van der Waals surface area contributed by atoms with Crippen LogP contribution >= 0.6 is 0 Å². The van der Waals surface area contributed by atoms with E-state index >= 15 is 0 Å². The van der Waals surface area contributed by atoms with Crippen LogP contribution in [0.2, 0.25) is 0 Å². The highest BCUT2D eigenvalue weighted by atomic mass is 19.1. The first-order chi connectivity index (χ1) is 15.1. The number of amides is 1. The first-order valence-corrected chi connectivity index (χ1v) is 11.7. The van der Waals surface area contributed by atoms with Gasteiger partial charge in [0.25, 0.3) is 5.91 Å². The molecule has 0 spiro atoms. The molecule has 2 aromatic rings. The second-order valence-corrected chi connectivity index (χ2v) is 9.73. The number of halogens is 1. The van der Waals surface area contributed by atoms with Gasteiger partial charge in [0.1, 0.15) is 11.4 Å². The van der Waals surface area contributed by atoms with Crippen LogP contribution in [0.1, 0.15) is 48.9 Å². The quantitative estimate of drug-likeness (QED) is 0.715. The maximum absolute atomic E-state index is 13.7. The summed E-state index contributed by atoms with van der Waals surface area (Å²) in [6, 6.07) is 4.83. The number of nitrogens with one attached hydrogen (secondary N) is 1. The second-order valence-electron chi connectivity index (χ2n) is 9.73. The summed E-state index contributed by atoms with van der Waals surface area (Å²) in [6.45, 7) is 2.88. The number of piperidine rings is 3. The molecule has 1 aromatic carbocycles. The topological polar surface area (TPSA) is 56.4 Å². The number of nitrogens with zero attached hydrogens (tertiary/aromatic N) is 2. The van der Waals surface area contributed by atoms with Crippen LogP contribution in [0.3, 0.4) is 0 Å². The number of hydrogen-bond donors (Lipinski definition) is 1. The molecule has 1 amide bonds. The molecular formula is C25H28FN3O2. The van der Waals surface area contributed by atoms with E-state index in [1.54, 1.807) is 6.07 Å². The maximum Gasteiger partial charge on any atom is 0.259 e. The number of carbonyl (C=O) groups is 1. The van der Waals surface area contributed by atoms with E-state index < -0.39 is 5.82 Å². The standard InChI is InChI=1S/C25H28FN3O2/c26-18-6-7-21-19(12-18)24(30)20(13-27-21)25(31)29-9-3-4-15-10-16-11-17(23(15)29)14-28-8-2-1-5-22(16)28/h6-7,10,12-13,16-17,22-23H,1-5,8-9,11,14H2,(H,27,30)/t16-,17-,22-,23+/m0/s1. The average molecular weight is 422 g/mol. The minimum atomic E-state index is -0.470. The molecule has 2 bridgehead atoms. The number of carbonyl (C=O) groups excluding carboxylic acids is 1. The van der Waals surface area contributed by atoms with E-state index in [0.717, 1.165) is 32.4 Å². The Morgan fingerprint density at radius 3 is 2.97 bits per heavy atom. The van der Waals surface area contributed by atoms with Gasteiger partial charge in [-0.2, -0.15) is 0 Å². The van der Waals surface area contributed by atoms with E-state index in [-0.39, 0.29) is 28.3 Å². The van der Waals surface area contributed by atoms with Gasteiger partial charge >= 0.3 is 0 Å². The summed E-state index contributed by atoms with van der Waals surface area (Å²) in [5, 5.41) is 0.233. The lowest BCUT2D eigenvalue weighted by Crippen LogP contribution is -2.60. The molecule has 3 aliphatic heterocycles. The Morgan fingerprint density at radius 2 is 2.06 bits per heavy atom. The molecule has 31 heavy (non-hydrogen) atoms. The monoisotopic (exact) mass is 421 g/mol. The lowest BCUT2D eigenvalue weighted by molar-refractivity contribution is 0.00143. The highest BCUT2D eigenvalue weighted by Crippen LogP contribution is 2.45. The normalized spacial score (nSPS) is 30.5. The molecule has 1 aliphatic carbocycles. The van der Waals surface area contributed by atoms with Gasteiger partial charge in [0, 0.05) is 36.2 Å². The Hall–Kier alpha value is -2.47. The molecule has 4 heterocycles.